The third kappa shape index (κ3) is 5.82. The van der Waals surface area contributed by atoms with Gasteiger partial charge in [0.05, 0.1) is 18.7 Å². The summed E-state index contributed by atoms with van der Waals surface area (Å²) < 4.78 is 17.7. The van der Waals surface area contributed by atoms with Crippen LogP contribution in [0.4, 0.5) is 10.1 Å². The Balaban J connectivity index is 1.49. The number of hydrogen-bond acceptors (Lipinski definition) is 5. The summed E-state index contributed by atoms with van der Waals surface area (Å²) in [5.41, 5.74) is 2.58. The lowest BCUT2D eigenvalue weighted by Crippen LogP contribution is -2.58. The van der Waals surface area contributed by atoms with E-state index >= 15 is 0 Å². The average Bonchev–Trinajstić information content (AvgIpc) is 2.79. The first-order chi connectivity index (χ1) is 14.9. The molecule has 0 saturated carbocycles. The van der Waals surface area contributed by atoms with E-state index in [0.29, 0.717) is 18.5 Å². The molecule has 0 aromatic heterocycles. The van der Waals surface area contributed by atoms with Crippen LogP contribution < -0.4 is 10.2 Å². The Kier molecular flexibility index (Phi) is 7.63. The Bertz CT molecular complexity index is 886. The number of carbonyl (C=O) groups is 2. The lowest BCUT2D eigenvalue weighted by Gasteiger charge is -2.43. The molecule has 1 amide bonds. The number of benzene rings is 2. The number of nitrogens with one attached hydrogen (secondary N) is 1. The first-order valence-electron chi connectivity index (χ1n) is 10.6. The number of carbonyl (C=O) groups excluding carboxylic acids is 2. The topological polar surface area (TPSA) is 61.9 Å². The molecule has 2 aromatic rings. The predicted octanol–water partition coefficient (Wildman–Crippen LogP) is 2.87. The van der Waals surface area contributed by atoms with Gasteiger partial charge in [-0.2, -0.15) is 0 Å². The van der Waals surface area contributed by atoms with Crippen molar-refractivity contribution in [1.29, 1.82) is 0 Å². The molecule has 2 aromatic carbocycles. The summed E-state index contributed by atoms with van der Waals surface area (Å²) in [4.78, 5) is 28.7. The Morgan fingerprint density at radius 1 is 1.13 bits per heavy atom. The zero-order chi connectivity index (χ0) is 22.4. The third-order valence-corrected chi connectivity index (χ3v) is 5.84. The molecular weight excluding hydrogens is 397 g/mol. The number of ether oxygens (including phenoxy) is 1. The van der Waals surface area contributed by atoms with Crippen molar-refractivity contribution in [3.05, 3.63) is 65.5 Å². The number of amides is 1. The molecule has 3 rings (SSSR count). The highest BCUT2D eigenvalue weighted by Crippen LogP contribution is 2.21. The molecule has 1 fully saturated rings. The summed E-state index contributed by atoms with van der Waals surface area (Å²) in [7, 11) is 1.37. The van der Waals surface area contributed by atoms with E-state index in [1.807, 2.05) is 19.1 Å². The van der Waals surface area contributed by atoms with Crippen molar-refractivity contribution in [3.8, 4) is 0 Å². The molecule has 31 heavy (non-hydrogen) atoms. The van der Waals surface area contributed by atoms with Crippen molar-refractivity contribution in [2.24, 2.45) is 0 Å². The second-order valence-electron chi connectivity index (χ2n) is 7.91. The fraction of sp³-hybridized carbons (Fsp3) is 0.417. The van der Waals surface area contributed by atoms with Gasteiger partial charge in [0.2, 0.25) is 5.91 Å². The molecule has 1 aliphatic heterocycles. The standard InChI is InChI=1S/C24H30FN3O3/c1-17-16-27(22-10-6-20(7-11-22)24(30)31-3)14-15-28(17)18(2)23(29)26-13-12-19-4-8-21(25)9-5-19/h4-11,17-18H,12-16H2,1-3H3,(H,26,29). The van der Waals surface area contributed by atoms with Crippen molar-refractivity contribution in [2.75, 3.05) is 38.2 Å². The van der Waals surface area contributed by atoms with Crippen LogP contribution in [-0.4, -0.2) is 62.1 Å². The highest BCUT2D eigenvalue weighted by atomic mass is 19.1. The number of anilines is 1. The fourth-order valence-electron chi connectivity index (χ4n) is 3.99. The molecule has 1 heterocycles. The van der Waals surface area contributed by atoms with Crippen molar-refractivity contribution < 1.29 is 18.7 Å². The normalized spacial score (nSPS) is 17.8. The summed E-state index contributed by atoms with van der Waals surface area (Å²) in [5, 5.41) is 3.00. The van der Waals surface area contributed by atoms with Crippen LogP contribution in [0.1, 0.15) is 29.8 Å². The molecule has 7 heteroatoms. The molecule has 0 aliphatic carbocycles. The second-order valence-corrected chi connectivity index (χ2v) is 7.91. The lowest BCUT2D eigenvalue weighted by atomic mass is 10.1. The van der Waals surface area contributed by atoms with Crippen molar-refractivity contribution in [3.63, 3.8) is 0 Å². The zero-order valence-electron chi connectivity index (χ0n) is 18.3. The van der Waals surface area contributed by atoms with Gasteiger partial charge in [-0.25, -0.2) is 9.18 Å². The van der Waals surface area contributed by atoms with Crippen molar-refractivity contribution >= 4 is 17.6 Å². The zero-order valence-corrected chi connectivity index (χ0v) is 18.3. The smallest absolute Gasteiger partial charge is 0.337 e. The molecule has 166 valence electrons. The van der Waals surface area contributed by atoms with Crippen LogP contribution in [0.2, 0.25) is 0 Å². The maximum absolute atomic E-state index is 13.0. The van der Waals surface area contributed by atoms with Gasteiger partial charge < -0.3 is 15.0 Å². The number of esters is 1. The summed E-state index contributed by atoms with van der Waals surface area (Å²) >= 11 is 0. The van der Waals surface area contributed by atoms with E-state index in [1.54, 1.807) is 24.3 Å². The molecule has 1 saturated heterocycles. The van der Waals surface area contributed by atoms with Crippen LogP contribution >= 0.6 is 0 Å². The fourth-order valence-corrected chi connectivity index (χ4v) is 3.99. The first kappa shape index (κ1) is 22.7. The Morgan fingerprint density at radius 3 is 2.42 bits per heavy atom. The Morgan fingerprint density at radius 2 is 1.81 bits per heavy atom. The highest BCUT2D eigenvalue weighted by Gasteiger charge is 2.30. The Hall–Kier alpha value is -2.93. The Labute approximate surface area is 183 Å². The summed E-state index contributed by atoms with van der Waals surface area (Å²) in [6, 6.07) is 13.7. The first-order valence-corrected chi connectivity index (χ1v) is 10.6. The molecule has 2 atom stereocenters. The van der Waals surface area contributed by atoms with Crippen molar-refractivity contribution in [1.82, 2.24) is 10.2 Å². The molecular formula is C24H30FN3O3. The summed E-state index contributed by atoms with van der Waals surface area (Å²) in [6.07, 6.45) is 0.670. The van der Waals surface area contributed by atoms with E-state index in [0.717, 1.165) is 30.9 Å². The van der Waals surface area contributed by atoms with Gasteiger partial charge in [0.25, 0.3) is 0 Å². The van der Waals surface area contributed by atoms with Crippen LogP contribution in [0.5, 0.6) is 0 Å². The van der Waals surface area contributed by atoms with E-state index in [9.17, 15) is 14.0 Å². The van der Waals surface area contributed by atoms with E-state index in [4.69, 9.17) is 4.74 Å². The molecule has 0 radical (unpaired) electrons. The van der Waals surface area contributed by atoms with Crippen LogP contribution in [0.25, 0.3) is 0 Å². The number of methoxy groups -OCH3 is 1. The predicted molar refractivity (Wildman–Crippen MR) is 119 cm³/mol. The van der Waals surface area contributed by atoms with E-state index in [2.05, 4.69) is 22.0 Å². The maximum Gasteiger partial charge on any atom is 0.337 e. The van der Waals surface area contributed by atoms with Gasteiger partial charge in [-0.15, -0.1) is 0 Å². The van der Waals surface area contributed by atoms with Crippen LogP contribution in [0.3, 0.4) is 0 Å². The van der Waals surface area contributed by atoms with Crippen LogP contribution in [-0.2, 0) is 16.0 Å². The largest absolute Gasteiger partial charge is 0.465 e. The maximum atomic E-state index is 13.0. The summed E-state index contributed by atoms with van der Waals surface area (Å²) in [5.74, 6) is -0.595. The van der Waals surface area contributed by atoms with Crippen molar-refractivity contribution in [2.45, 2.75) is 32.4 Å². The van der Waals surface area contributed by atoms with Gasteiger partial charge in [-0.3, -0.25) is 9.69 Å². The van der Waals surface area contributed by atoms with E-state index in [1.165, 1.54) is 19.2 Å². The highest BCUT2D eigenvalue weighted by molar-refractivity contribution is 5.89. The van der Waals surface area contributed by atoms with Gasteiger partial charge in [-0.05, 0) is 62.2 Å². The lowest BCUT2D eigenvalue weighted by molar-refractivity contribution is -0.126. The molecule has 6 nitrogen and oxygen atoms in total. The van der Waals surface area contributed by atoms with Gasteiger partial charge in [0, 0.05) is 37.9 Å². The average molecular weight is 428 g/mol. The van der Waals surface area contributed by atoms with E-state index in [-0.39, 0.29) is 29.8 Å². The van der Waals surface area contributed by atoms with Gasteiger partial charge >= 0.3 is 5.97 Å². The van der Waals surface area contributed by atoms with Gasteiger partial charge in [-0.1, -0.05) is 12.1 Å². The number of nitrogens with zero attached hydrogens (tertiary/aromatic N) is 2. The van der Waals surface area contributed by atoms with Gasteiger partial charge in [0.15, 0.2) is 0 Å². The number of piperazine rings is 1. The number of halogens is 1. The summed E-state index contributed by atoms with van der Waals surface area (Å²) in [6.45, 7) is 6.95. The monoisotopic (exact) mass is 427 g/mol. The molecule has 1 aliphatic rings. The number of rotatable bonds is 7. The minimum atomic E-state index is -0.344. The number of hydrogen-bond donors (Lipinski definition) is 1. The van der Waals surface area contributed by atoms with Gasteiger partial charge in [0.1, 0.15) is 5.82 Å². The molecule has 2 unspecified atom stereocenters. The second kappa shape index (κ2) is 10.4. The van der Waals surface area contributed by atoms with Crippen LogP contribution in [0.15, 0.2) is 48.5 Å². The SMILES string of the molecule is COC(=O)c1ccc(N2CCN(C(C)C(=O)NCCc3ccc(F)cc3)C(C)C2)cc1. The molecule has 0 bridgehead atoms. The van der Waals surface area contributed by atoms with Crippen LogP contribution in [0, 0.1) is 5.82 Å². The van der Waals surface area contributed by atoms with E-state index < -0.39 is 0 Å². The molecule has 1 N–H and O–H groups in total. The molecule has 0 spiro atoms. The third-order valence-electron chi connectivity index (χ3n) is 5.84. The minimum Gasteiger partial charge on any atom is -0.465 e. The minimum absolute atomic E-state index is 0.00448. The quantitative estimate of drug-likeness (QED) is 0.689.